The van der Waals surface area contributed by atoms with Gasteiger partial charge in [0.2, 0.25) is 0 Å². The number of hydrogen-bond donors (Lipinski definition) is 0. The fourth-order valence-corrected chi connectivity index (χ4v) is 4.91. The van der Waals surface area contributed by atoms with Gasteiger partial charge in [-0.2, -0.15) is 0 Å². The number of ketones is 1. The average Bonchev–Trinajstić information content (AvgIpc) is 2.59. The summed E-state index contributed by atoms with van der Waals surface area (Å²) in [4.78, 5) is 11.7. The highest BCUT2D eigenvalue weighted by Gasteiger charge is 2.69. The van der Waals surface area contributed by atoms with E-state index in [0.717, 1.165) is 11.8 Å². The highest BCUT2D eigenvalue weighted by atomic mass is 16.1. The van der Waals surface area contributed by atoms with Crippen LogP contribution in [0.15, 0.2) is 11.6 Å². The number of carbonyl (C=O) groups is 1. The smallest absolute Gasteiger partial charge is 0.159 e. The van der Waals surface area contributed by atoms with Gasteiger partial charge in [-0.15, -0.1) is 0 Å². The standard InChI is InChI=1S/C12H14O/c13-11-6-9-4-2-7-1-3-8-5-10(11)12(7,8)9/h6-8,10H,1-5H2/t7-,8-,10+,12?/m1/s1. The van der Waals surface area contributed by atoms with Gasteiger partial charge >= 0.3 is 0 Å². The van der Waals surface area contributed by atoms with Gasteiger partial charge in [-0.1, -0.05) is 5.57 Å². The second-order valence-corrected chi connectivity index (χ2v) is 5.30. The number of allylic oxidation sites excluding steroid dienone is 2. The summed E-state index contributed by atoms with van der Waals surface area (Å²) in [6, 6.07) is 0. The van der Waals surface area contributed by atoms with Crippen molar-refractivity contribution in [2.75, 3.05) is 0 Å². The molecule has 0 aromatic heterocycles. The molecule has 0 N–H and O–H groups in total. The van der Waals surface area contributed by atoms with Crippen molar-refractivity contribution in [2.24, 2.45) is 23.2 Å². The van der Waals surface area contributed by atoms with E-state index >= 15 is 0 Å². The molecule has 0 aliphatic heterocycles. The maximum atomic E-state index is 11.7. The first-order valence-electron chi connectivity index (χ1n) is 5.58. The Morgan fingerprint density at radius 1 is 1.23 bits per heavy atom. The van der Waals surface area contributed by atoms with Crippen LogP contribution in [-0.2, 0) is 4.79 Å². The zero-order chi connectivity index (χ0) is 8.63. The van der Waals surface area contributed by atoms with E-state index in [1.165, 1.54) is 32.1 Å². The zero-order valence-electron chi connectivity index (χ0n) is 7.75. The highest BCUT2D eigenvalue weighted by Crippen LogP contribution is 2.74. The van der Waals surface area contributed by atoms with E-state index < -0.39 is 0 Å². The monoisotopic (exact) mass is 174 g/mol. The van der Waals surface area contributed by atoms with Crippen LogP contribution >= 0.6 is 0 Å². The van der Waals surface area contributed by atoms with Crippen molar-refractivity contribution < 1.29 is 4.79 Å². The summed E-state index contributed by atoms with van der Waals surface area (Å²) in [6.45, 7) is 0. The van der Waals surface area contributed by atoms with Crippen LogP contribution in [0.2, 0.25) is 0 Å². The molecule has 1 nitrogen and oxygen atoms in total. The second kappa shape index (κ2) is 1.77. The molecule has 0 aromatic carbocycles. The number of rotatable bonds is 0. The Morgan fingerprint density at radius 3 is 3.00 bits per heavy atom. The van der Waals surface area contributed by atoms with Crippen LogP contribution in [0.5, 0.6) is 0 Å². The molecule has 0 aromatic rings. The Kier molecular flexibility index (Phi) is 0.928. The molecule has 1 spiro atoms. The third-order valence-electron chi connectivity index (χ3n) is 5.29. The lowest BCUT2D eigenvalue weighted by atomic mass is 9.52. The Morgan fingerprint density at radius 2 is 2.08 bits per heavy atom. The van der Waals surface area contributed by atoms with Crippen molar-refractivity contribution in [3.8, 4) is 0 Å². The Hall–Kier alpha value is -0.590. The third-order valence-corrected chi connectivity index (χ3v) is 5.29. The maximum Gasteiger partial charge on any atom is 0.159 e. The molecule has 0 heterocycles. The molecule has 0 amide bonds. The van der Waals surface area contributed by atoms with Crippen molar-refractivity contribution >= 4 is 5.78 Å². The molecule has 4 atom stereocenters. The van der Waals surface area contributed by atoms with Crippen LogP contribution in [0.4, 0.5) is 0 Å². The lowest BCUT2D eigenvalue weighted by Gasteiger charge is -2.50. The number of carbonyl (C=O) groups excluding carboxylic acids is 1. The van der Waals surface area contributed by atoms with Crippen LogP contribution in [0, 0.1) is 23.2 Å². The lowest BCUT2D eigenvalue weighted by molar-refractivity contribution is -0.128. The van der Waals surface area contributed by atoms with Gasteiger partial charge in [-0.25, -0.2) is 0 Å². The largest absolute Gasteiger partial charge is 0.295 e. The van der Waals surface area contributed by atoms with Crippen LogP contribution in [0.3, 0.4) is 0 Å². The minimum atomic E-state index is 0.447. The van der Waals surface area contributed by atoms with Gasteiger partial charge in [0.1, 0.15) is 0 Å². The van der Waals surface area contributed by atoms with Crippen molar-refractivity contribution in [3.63, 3.8) is 0 Å². The third kappa shape index (κ3) is 0.490. The lowest BCUT2D eigenvalue weighted by Crippen LogP contribution is -2.48. The molecule has 0 bridgehead atoms. The van der Waals surface area contributed by atoms with Crippen LogP contribution < -0.4 is 0 Å². The normalized spacial score (nSPS) is 55.8. The summed E-state index contributed by atoms with van der Waals surface area (Å²) in [5.74, 6) is 2.72. The molecule has 4 aliphatic rings. The van der Waals surface area contributed by atoms with Gasteiger partial charge in [-0.3, -0.25) is 4.79 Å². The van der Waals surface area contributed by atoms with Gasteiger partial charge in [0.25, 0.3) is 0 Å². The van der Waals surface area contributed by atoms with E-state index in [1.807, 2.05) is 6.08 Å². The number of hydrogen-bond acceptors (Lipinski definition) is 1. The van der Waals surface area contributed by atoms with Gasteiger partial charge in [0, 0.05) is 11.3 Å². The van der Waals surface area contributed by atoms with Gasteiger partial charge < -0.3 is 0 Å². The fraction of sp³-hybridized carbons (Fsp3) is 0.750. The molecule has 3 fully saturated rings. The van der Waals surface area contributed by atoms with Crippen LogP contribution in [-0.4, -0.2) is 5.78 Å². The molecule has 68 valence electrons. The first-order chi connectivity index (χ1) is 6.33. The van der Waals surface area contributed by atoms with E-state index in [9.17, 15) is 4.79 Å². The SMILES string of the molecule is O=C1C=C2CC[C@H]3CC[C@@H]4C[C@@H]1C234. The molecule has 1 unspecified atom stereocenters. The van der Waals surface area contributed by atoms with Gasteiger partial charge in [-0.05, 0) is 50.0 Å². The summed E-state index contributed by atoms with van der Waals surface area (Å²) >= 11 is 0. The second-order valence-electron chi connectivity index (χ2n) is 5.30. The predicted molar refractivity (Wildman–Crippen MR) is 49.1 cm³/mol. The van der Waals surface area contributed by atoms with Gasteiger partial charge in [0.05, 0.1) is 0 Å². The molecular formula is C12H14O. The Balaban J connectivity index is 1.95. The van der Waals surface area contributed by atoms with Crippen molar-refractivity contribution in [1.29, 1.82) is 0 Å². The summed E-state index contributed by atoms with van der Waals surface area (Å²) in [7, 11) is 0. The topological polar surface area (TPSA) is 17.1 Å². The summed E-state index contributed by atoms with van der Waals surface area (Å²) in [5, 5.41) is 0. The van der Waals surface area contributed by atoms with Crippen molar-refractivity contribution in [1.82, 2.24) is 0 Å². The Labute approximate surface area is 78.2 Å². The first kappa shape index (κ1) is 6.80. The zero-order valence-corrected chi connectivity index (χ0v) is 7.75. The fourth-order valence-electron chi connectivity index (χ4n) is 4.91. The average molecular weight is 174 g/mol. The van der Waals surface area contributed by atoms with E-state index in [-0.39, 0.29) is 0 Å². The highest BCUT2D eigenvalue weighted by molar-refractivity contribution is 5.98. The maximum absolute atomic E-state index is 11.7. The molecule has 4 rings (SSSR count). The minimum absolute atomic E-state index is 0.447. The quantitative estimate of drug-likeness (QED) is 0.551. The van der Waals surface area contributed by atoms with E-state index in [0.29, 0.717) is 17.1 Å². The molecule has 3 saturated carbocycles. The predicted octanol–water partition coefficient (Wildman–Crippen LogP) is 2.32. The molecule has 1 heteroatoms. The van der Waals surface area contributed by atoms with Gasteiger partial charge in [0.15, 0.2) is 5.78 Å². The van der Waals surface area contributed by atoms with Crippen molar-refractivity contribution in [2.45, 2.75) is 32.1 Å². The minimum Gasteiger partial charge on any atom is -0.295 e. The van der Waals surface area contributed by atoms with E-state index in [4.69, 9.17) is 0 Å². The Bertz CT molecular complexity index is 341. The molecule has 0 saturated heterocycles. The van der Waals surface area contributed by atoms with E-state index in [2.05, 4.69) is 0 Å². The van der Waals surface area contributed by atoms with Crippen LogP contribution in [0.1, 0.15) is 32.1 Å². The molecule has 13 heavy (non-hydrogen) atoms. The van der Waals surface area contributed by atoms with E-state index in [1.54, 1.807) is 5.57 Å². The molecule has 4 aliphatic carbocycles. The summed E-state index contributed by atoms with van der Waals surface area (Å²) < 4.78 is 0. The molecule has 0 radical (unpaired) electrons. The summed E-state index contributed by atoms with van der Waals surface area (Å²) in [5.41, 5.74) is 2.01. The summed E-state index contributed by atoms with van der Waals surface area (Å²) in [6.07, 6.45) is 8.67. The first-order valence-corrected chi connectivity index (χ1v) is 5.58. The van der Waals surface area contributed by atoms with Crippen molar-refractivity contribution in [3.05, 3.63) is 11.6 Å². The van der Waals surface area contributed by atoms with Crippen LogP contribution in [0.25, 0.3) is 0 Å². The molecular weight excluding hydrogens is 160 g/mol.